The first-order chi connectivity index (χ1) is 11.6. The van der Waals surface area contributed by atoms with Crippen LogP contribution in [0.25, 0.3) is 0 Å². The van der Waals surface area contributed by atoms with Gasteiger partial charge in [0, 0.05) is 5.02 Å². The third-order valence-corrected chi connectivity index (χ3v) is 3.66. The smallest absolute Gasteiger partial charge is 0.265 e. The Morgan fingerprint density at radius 3 is 2.38 bits per heavy atom. The lowest BCUT2D eigenvalue weighted by molar-refractivity contribution is -0.122. The Bertz CT molecular complexity index is 705. The molecule has 2 aromatic rings. The van der Waals surface area contributed by atoms with E-state index in [1.165, 1.54) is 7.11 Å². The molecule has 0 bridgehead atoms. The van der Waals surface area contributed by atoms with E-state index in [0.29, 0.717) is 34.4 Å². The van der Waals surface area contributed by atoms with Gasteiger partial charge in [0.05, 0.1) is 19.9 Å². The standard InChI is InChI=1S/C18H20ClNO4/c1-4-14(24-17-8-6-5-7-16(17)23-3)18(21)20-13-11-12(19)9-10-15(13)22-2/h5-11,14H,4H2,1-3H3,(H,20,21)/t14-/m0/s1. The van der Waals surface area contributed by atoms with Gasteiger partial charge in [0.15, 0.2) is 17.6 Å². The summed E-state index contributed by atoms with van der Waals surface area (Å²) in [5.41, 5.74) is 0.497. The Labute approximate surface area is 146 Å². The lowest BCUT2D eigenvalue weighted by atomic mass is 10.2. The summed E-state index contributed by atoms with van der Waals surface area (Å²) in [4.78, 5) is 12.6. The molecule has 2 aromatic carbocycles. The molecule has 0 saturated carbocycles. The lowest BCUT2D eigenvalue weighted by Gasteiger charge is -2.19. The van der Waals surface area contributed by atoms with Gasteiger partial charge < -0.3 is 19.5 Å². The number of ether oxygens (including phenoxy) is 3. The molecule has 0 fully saturated rings. The average Bonchev–Trinajstić information content (AvgIpc) is 2.60. The Morgan fingerprint density at radius 1 is 1.08 bits per heavy atom. The van der Waals surface area contributed by atoms with E-state index in [4.69, 9.17) is 25.8 Å². The largest absolute Gasteiger partial charge is 0.495 e. The summed E-state index contributed by atoms with van der Waals surface area (Å²) in [5.74, 6) is 1.33. The molecule has 0 aliphatic carbocycles. The number of hydrogen-bond acceptors (Lipinski definition) is 4. The van der Waals surface area contributed by atoms with Crippen molar-refractivity contribution in [1.29, 1.82) is 0 Å². The number of para-hydroxylation sites is 2. The van der Waals surface area contributed by atoms with Gasteiger partial charge in [-0.2, -0.15) is 0 Å². The van der Waals surface area contributed by atoms with Gasteiger partial charge >= 0.3 is 0 Å². The molecule has 1 atom stereocenters. The second kappa shape index (κ2) is 8.45. The van der Waals surface area contributed by atoms with Crippen LogP contribution in [0.15, 0.2) is 42.5 Å². The number of nitrogens with one attached hydrogen (secondary N) is 1. The maximum atomic E-state index is 12.6. The van der Waals surface area contributed by atoms with Gasteiger partial charge in [0.1, 0.15) is 5.75 Å². The molecule has 5 nitrogen and oxygen atoms in total. The second-order valence-electron chi connectivity index (χ2n) is 5.00. The van der Waals surface area contributed by atoms with Gasteiger partial charge in [0.2, 0.25) is 0 Å². The van der Waals surface area contributed by atoms with Crippen molar-refractivity contribution in [3.63, 3.8) is 0 Å². The van der Waals surface area contributed by atoms with Gasteiger partial charge in [-0.15, -0.1) is 0 Å². The highest BCUT2D eigenvalue weighted by atomic mass is 35.5. The molecular weight excluding hydrogens is 330 g/mol. The average molecular weight is 350 g/mol. The fraction of sp³-hybridized carbons (Fsp3) is 0.278. The second-order valence-corrected chi connectivity index (χ2v) is 5.44. The first-order valence-corrected chi connectivity index (χ1v) is 7.91. The highest BCUT2D eigenvalue weighted by molar-refractivity contribution is 6.31. The summed E-state index contributed by atoms with van der Waals surface area (Å²) in [5, 5.41) is 3.30. The van der Waals surface area contributed by atoms with E-state index in [1.54, 1.807) is 37.4 Å². The van der Waals surface area contributed by atoms with E-state index in [9.17, 15) is 4.79 Å². The molecule has 0 heterocycles. The van der Waals surface area contributed by atoms with Crippen molar-refractivity contribution >= 4 is 23.2 Å². The number of halogens is 1. The number of methoxy groups -OCH3 is 2. The number of rotatable bonds is 7. The third-order valence-electron chi connectivity index (χ3n) is 3.42. The molecule has 128 valence electrons. The molecule has 1 N–H and O–H groups in total. The summed E-state index contributed by atoms with van der Waals surface area (Å²) < 4.78 is 16.3. The molecule has 0 aliphatic rings. The minimum absolute atomic E-state index is 0.288. The van der Waals surface area contributed by atoms with Crippen molar-refractivity contribution in [1.82, 2.24) is 0 Å². The highest BCUT2D eigenvalue weighted by Crippen LogP contribution is 2.30. The zero-order chi connectivity index (χ0) is 17.5. The van der Waals surface area contributed by atoms with Crippen molar-refractivity contribution in [2.45, 2.75) is 19.4 Å². The number of anilines is 1. The van der Waals surface area contributed by atoms with Gasteiger partial charge in [-0.1, -0.05) is 30.7 Å². The summed E-state index contributed by atoms with van der Waals surface area (Å²) >= 11 is 5.99. The van der Waals surface area contributed by atoms with Crippen molar-refractivity contribution in [3.05, 3.63) is 47.5 Å². The van der Waals surface area contributed by atoms with Crippen LogP contribution >= 0.6 is 11.6 Å². The predicted molar refractivity (Wildman–Crippen MR) is 94.3 cm³/mol. The Balaban J connectivity index is 2.16. The van der Waals surface area contributed by atoms with Crippen LogP contribution in [0.2, 0.25) is 5.02 Å². The summed E-state index contributed by atoms with van der Waals surface area (Å²) in [6.45, 7) is 1.87. The highest BCUT2D eigenvalue weighted by Gasteiger charge is 2.21. The Morgan fingerprint density at radius 2 is 1.75 bits per heavy atom. The number of carbonyl (C=O) groups is 1. The first kappa shape index (κ1) is 17.9. The van der Waals surface area contributed by atoms with Gasteiger partial charge in [-0.05, 0) is 36.8 Å². The predicted octanol–water partition coefficient (Wildman–Crippen LogP) is 4.15. The zero-order valence-electron chi connectivity index (χ0n) is 13.8. The zero-order valence-corrected chi connectivity index (χ0v) is 14.6. The molecule has 2 rings (SSSR count). The maximum absolute atomic E-state index is 12.6. The fourth-order valence-corrected chi connectivity index (χ4v) is 2.35. The maximum Gasteiger partial charge on any atom is 0.265 e. The molecule has 24 heavy (non-hydrogen) atoms. The van der Waals surface area contributed by atoms with E-state index in [-0.39, 0.29) is 5.91 Å². The van der Waals surface area contributed by atoms with E-state index < -0.39 is 6.10 Å². The monoisotopic (exact) mass is 349 g/mol. The van der Waals surface area contributed by atoms with Gasteiger partial charge in [-0.25, -0.2) is 0 Å². The topological polar surface area (TPSA) is 56.8 Å². The summed E-state index contributed by atoms with van der Waals surface area (Å²) in [7, 11) is 3.08. The lowest BCUT2D eigenvalue weighted by Crippen LogP contribution is -2.32. The molecule has 0 saturated heterocycles. The normalized spacial score (nSPS) is 11.5. The van der Waals surface area contributed by atoms with E-state index in [1.807, 2.05) is 19.1 Å². The first-order valence-electron chi connectivity index (χ1n) is 7.53. The van der Waals surface area contributed by atoms with Crippen LogP contribution in [0, 0.1) is 0 Å². The van der Waals surface area contributed by atoms with Crippen molar-refractivity contribution in [2.75, 3.05) is 19.5 Å². The van der Waals surface area contributed by atoms with Crippen LogP contribution in [0.4, 0.5) is 5.69 Å². The molecule has 0 spiro atoms. The molecule has 0 aromatic heterocycles. The van der Waals surface area contributed by atoms with Crippen LogP contribution in [-0.2, 0) is 4.79 Å². The quantitative estimate of drug-likeness (QED) is 0.815. The molecular formula is C18H20ClNO4. The Hall–Kier alpha value is -2.40. The van der Waals surface area contributed by atoms with Crippen molar-refractivity contribution in [3.8, 4) is 17.2 Å². The van der Waals surface area contributed by atoms with Crippen LogP contribution in [0.5, 0.6) is 17.2 Å². The van der Waals surface area contributed by atoms with E-state index >= 15 is 0 Å². The van der Waals surface area contributed by atoms with Crippen molar-refractivity contribution < 1.29 is 19.0 Å². The molecule has 0 radical (unpaired) electrons. The van der Waals surface area contributed by atoms with Crippen molar-refractivity contribution in [2.24, 2.45) is 0 Å². The van der Waals surface area contributed by atoms with Crippen LogP contribution in [0.3, 0.4) is 0 Å². The summed E-state index contributed by atoms with van der Waals surface area (Å²) in [6, 6.07) is 12.2. The van der Waals surface area contributed by atoms with Gasteiger partial charge in [0.25, 0.3) is 5.91 Å². The molecule has 0 unspecified atom stereocenters. The van der Waals surface area contributed by atoms with Crippen LogP contribution in [-0.4, -0.2) is 26.2 Å². The number of amides is 1. The minimum atomic E-state index is -0.676. The van der Waals surface area contributed by atoms with Crippen LogP contribution < -0.4 is 19.5 Å². The molecule has 0 aliphatic heterocycles. The fourth-order valence-electron chi connectivity index (χ4n) is 2.18. The minimum Gasteiger partial charge on any atom is -0.495 e. The third kappa shape index (κ3) is 4.32. The number of carbonyl (C=O) groups excluding carboxylic acids is 1. The summed E-state index contributed by atoms with van der Waals surface area (Å²) in [6.07, 6.45) is -0.183. The SMILES string of the molecule is CC[C@H](Oc1ccccc1OC)C(=O)Nc1cc(Cl)ccc1OC. The Kier molecular flexibility index (Phi) is 6.32. The molecule has 1 amide bonds. The van der Waals surface area contributed by atoms with E-state index in [2.05, 4.69) is 5.32 Å². The number of hydrogen-bond donors (Lipinski definition) is 1. The van der Waals surface area contributed by atoms with Crippen LogP contribution in [0.1, 0.15) is 13.3 Å². The number of benzene rings is 2. The van der Waals surface area contributed by atoms with E-state index in [0.717, 1.165) is 0 Å². The van der Waals surface area contributed by atoms with Gasteiger partial charge in [-0.3, -0.25) is 4.79 Å². The molecule has 6 heteroatoms.